The number of hydrogen-bond donors (Lipinski definition) is 0. The molecule has 8 nitrogen and oxygen atoms in total. The van der Waals surface area contributed by atoms with Crippen molar-refractivity contribution in [1.82, 2.24) is 20.1 Å². The lowest BCUT2D eigenvalue weighted by molar-refractivity contribution is 0.0534. The number of nitrogens with zero attached hydrogens (tertiary/aromatic N) is 4. The smallest absolute Gasteiger partial charge is 0.259 e. The molecule has 0 bridgehead atoms. The third-order valence-electron chi connectivity index (χ3n) is 6.27. The van der Waals surface area contributed by atoms with Gasteiger partial charge < -0.3 is 18.8 Å². The second-order valence-electron chi connectivity index (χ2n) is 8.47. The van der Waals surface area contributed by atoms with Gasteiger partial charge in [0, 0.05) is 37.3 Å². The predicted molar refractivity (Wildman–Crippen MR) is 135 cm³/mol. The van der Waals surface area contributed by atoms with E-state index in [2.05, 4.69) is 10.3 Å². The molecule has 184 valence electrons. The summed E-state index contributed by atoms with van der Waals surface area (Å²) in [7, 11) is 0. The molecule has 0 unspecified atom stereocenters. The zero-order chi connectivity index (χ0) is 25.4. The van der Waals surface area contributed by atoms with Gasteiger partial charge in [-0.2, -0.15) is 0 Å². The van der Waals surface area contributed by atoms with Crippen LogP contribution in [0.15, 0.2) is 57.6 Å². The molecule has 10 heteroatoms. The zero-order valence-corrected chi connectivity index (χ0v) is 21.1. The summed E-state index contributed by atoms with van der Waals surface area (Å²) in [5.74, 6) is 0.401. The van der Waals surface area contributed by atoms with Crippen LogP contribution in [0.1, 0.15) is 32.2 Å². The van der Waals surface area contributed by atoms with Crippen LogP contribution < -0.4 is 0 Å². The van der Waals surface area contributed by atoms with Crippen LogP contribution in [0.5, 0.6) is 0 Å². The van der Waals surface area contributed by atoms with E-state index in [1.807, 2.05) is 24.3 Å². The van der Waals surface area contributed by atoms with Crippen molar-refractivity contribution in [3.05, 3.63) is 81.2 Å². The molecule has 0 radical (unpaired) electrons. The quantitative estimate of drug-likeness (QED) is 0.349. The van der Waals surface area contributed by atoms with Crippen molar-refractivity contribution in [2.24, 2.45) is 0 Å². The average Bonchev–Trinajstić information content (AvgIpc) is 3.46. The number of aromatic nitrogens is 2. The lowest BCUT2D eigenvalue weighted by Crippen LogP contribution is -2.50. The monoisotopic (exact) mass is 524 g/mol. The highest BCUT2D eigenvalue weighted by molar-refractivity contribution is 6.34. The van der Waals surface area contributed by atoms with E-state index >= 15 is 0 Å². The van der Waals surface area contributed by atoms with E-state index in [4.69, 9.17) is 32.2 Å². The van der Waals surface area contributed by atoms with E-state index in [1.54, 1.807) is 47.9 Å². The minimum Gasteiger partial charge on any atom is -0.360 e. The molecule has 0 saturated carbocycles. The second-order valence-corrected chi connectivity index (χ2v) is 9.28. The van der Waals surface area contributed by atoms with E-state index in [1.165, 1.54) is 0 Å². The fraction of sp³-hybridized carbons (Fsp3) is 0.231. The van der Waals surface area contributed by atoms with E-state index in [0.717, 1.165) is 0 Å². The standard InChI is InChI=1S/C26H22Cl2N4O4/c1-15-21(23(29-35-15)17-7-3-5-9-19(17)27)25(33)31-11-13-32(14-12-31)26(34)22-16(2)36-30-24(22)18-8-4-6-10-20(18)28/h3-10H,11-14H2,1-2H3. The van der Waals surface area contributed by atoms with Gasteiger partial charge in [0.2, 0.25) is 0 Å². The maximum Gasteiger partial charge on any atom is 0.259 e. The molecule has 36 heavy (non-hydrogen) atoms. The molecule has 1 fully saturated rings. The summed E-state index contributed by atoms with van der Waals surface area (Å²) in [6.07, 6.45) is 0. The minimum absolute atomic E-state index is 0.214. The Kier molecular flexibility index (Phi) is 6.55. The molecule has 3 heterocycles. The normalized spacial score (nSPS) is 13.8. The van der Waals surface area contributed by atoms with Crippen molar-refractivity contribution in [2.75, 3.05) is 26.2 Å². The number of carbonyl (C=O) groups excluding carboxylic acids is 2. The van der Waals surface area contributed by atoms with Crippen LogP contribution in [-0.2, 0) is 0 Å². The molecular weight excluding hydrogens is 503 g/mol. The number of piperazine rings is 1. The van der Waals surface area contributed by atoms with Gasteiger partial charge in [0.05, 0.1) is 10.0 Å². The van der Waals surface area contributed by atoms with Crippen molar-refractivity contribution in [3.63, 3.8) is 0 Å². The van der Waals surface area contributed by atoms with Gasteiger partial charge in [-0.15, -0.1) is 0 Å². The maximum absolute atomic E-state index is 13.5. The average molecular weight is 525 g/mol. The van der Waals surface area contributed by atoms with Gasteiger partial charge in [-0.05, 0) is 26.0 Å². The van der Waals surface area contributed by atoms with Crippen LogP contribution in [0, 0.1) is 13.8 Å². The summed E-state index contributed by atoms with van der Waals surface area (Å²) in [5.41, 5.74) is 2.82. The summed E-state index contributed by atoms with van der Waals surface area (Å²) >= 11 is 12.7. The van der Waals surface area contributed by atoms with Crippen LogP contribution in [-0.4, -0.2) is 58.1 Å². The first-order valence-electron chi connectivity index (χ1n) is 11.4. The molecule has 2 aromatic heterocycles. The lowest BCUT2D eigenvalue weighted by atomic mass is 10.0. The molecule has 1 aliphatic rings. The van der Waals surface area contributed by atoms with Gasteiger partial charge in [0.1, 0.15) is 34.0 Å². The third-order valence-corrected chi connectivity index (χ3v) is 6.92. The Morgan fingerprint density at radius 1 is 0.694 bits per heavy atom. The van der Waals surface area contributed by atoms with Gasteiger partial charge in [0.15, 0.2) is 0 Å². The second kappa shape index (κ2) is 9.79. The molecule has 1 saturated heterocycles. The summed E-state index contributed by atoms with van der Waals surface area (Å²) in [6, 6.07) is 14.3. The van der Waals surface area contributed by atoms with Gasteiger partial charge in [-0.3, -0.25) is 9.59 Å². The lowest BCUT2D eigenvalue weighted by Gasteiger charge is -2.34. The Bertz CT molecular complexity index is 1340. The summed E-state index contributed by atoms with van der Waals surface area (Å²) < 4.78 is 10.7. The van der Waals surface area contributed by atoms with Crippen LogP contribution in [0.3, 0.4) is 0 Å². The Hall–Kier alpha value is -3.62. The van der Waals surface area contributed by atoms with Crippen molar-refractivity contribution < 1.29 is 18.6 Å². The summed E-state index contributed by atoms with van der Waals surface area (Å²) in [5, 5.41) is 9.15. The number of halogens is 2. The fourth-order valence-corrected chi connectivity index (χ4v) is 4.80. The highest BCUT2D eigenvalue weighted by Crippen LogP contribution is 2.33. The van der Waals surface area contributed by atoms with Crippen molar-refractivity contribution in [1.29, 1.82) is 0 Å². The summed E-state index contributed by atoms with van der Waals surface area (Å²) in [4.78, 5) is 30.3. The molecule has 0 spiro atoms. The SMILES string of the molecule is Cc1onc(-c2ccccc2Cl)c1C(=O)N1CCN(C(=O)c2c(-c3ccccc3Cl)noc2C)CC1. The Morgan fingerprint density at radius 2 is 1.06 bits per heavy atom. The zero-order valence-electron chi connectivity index (χ0n) is 19.6. The molecule has 0 aliphatic carbocycles. The van der Waals surface area contributed by atoms with Crippen LogP contribution in [0.4, 0.5) is 0 Å². The number of rotatable bonds is 4. The number of aryl methyl sites for hydroxylation is 2. The van der Waals surface area contributed by atoms with Gasteiger partial charge in [-0.1, -0.05) is 69.9 Å². The number of hydrogen-bond acceptors (Lipinski definition) is 6. The number of amides is 2. The molecule has 5 rings (SSSR count). The topological polar surface area (TPSA) is 92.7 Å². The largest absolute Gasteiger partial charge is 0.360 e. The van der Waals surface area contributed by atoms with Crippen LogP contribution in [0.25, 0.3) is 22.5 Å². The number of carbonyl (C=O) groups is 2. The minimum atomic E-state index is -0.214. The highest BCUT2D eigenvalue weighted by Gasteiger charge is 2.33. The first-order chi connectivity index (χ1) is 17.4. The predicted octanol–water partition coefficient (Wildman–Crippen LogP) is 5.52. The Balaban J connectivity index is 1.34. The maximum atomic E-state index is 13.5. The van der Waals surface area contributed by atoms with Gasteiger partial charge in [-0.25, -0.2) is 0 Å². The van der Waals surface area contributed by atoms with Crippen molar-refractivity contribution in [2.45, 2.75) is 13.8 Å². The third kappa shape index (κ3) is 4.27. The van der Waals surface area contributed by atoms with Gasteiger partial charge >= 0.3 is 0 Å². The number of benzene rings is 2. The summed E-state index contributed by atoms with van der Waals surface area (Å²) in [6.45, 7) is 4.80. The fourth-order valence-electron chi connectivity index (χ4n) is 4.35. The molecular formula is C26H22Cl2N4O4. The Labute approximate surface area is 217 Å². The van der Waals surface area contributed by atoms with Crippen molar-refractivity contribution >= 4 is 35.0 Å². The highest BCUT2D eigenvalue weighted by atomic mass is 35.5. The molecule has 4 aromatic rings. The molecule has 2 amide bonds. The van der Waals surface area contributed by atoms with Crippen LogP contribution >= 0.6 is 23.2 Å². The van der Waals surface area contributed by atoms with E-state index in [0.29, 0.717) is 81.4 Å². The first kappa shape index (κ1) is 24.1. The van der Waals surface area contributed by atoms with Gasteiger partial charge in [0.25, 0.3) is 11.8 Å². The molecule has 0 atom stereocenters. The van der Waals surface area contributed by atoms with E-state index in [-0.39, 0.29) is 11.8 Å². The first-order valence-corrected chi connectivity index (χ1v) is 12.1. The van der Waals surface area contributed by atoms with E-state index in [9.17, 15) is 9.59 Å². The van der Waals surface area contributed by atoms with Crippen molar-refractivity contribution in [3.8, 4) is 22.5 Å². The molecule has 1 aliphatic heterocycles. The molecule has 2 aromatic carbocycles. The molecule has 0 N–H and O–H groups in total. The van der Waals surface area contributed by atoms with Crippen LogP contribution in [0.2, 0.25) is 10.0 Å². The van der Waals surface area contributed by atoms with E-state index < -0.39 is 0 Å². The Morgan fingerprint density at radius 3 is 1.42 bits per heavy atom.